The molecule has 2 bridgehead atoms. The predicted molar refractivity (Wildman–Crippen MR) is 68.8 cm³/mol. The Bertz CT molecular complexity index is 410. The number of imide groups is 1. The Balaban J connectivity index is 1.76. The van der Waals surface area contributed by atoms with Gasteiger partial charge in [0.1, 0.15) is 6.73 Å². The summed E-state index contributed by atoms with van der Waals surface area (Å²) in [6.45, 7) is 5.83. The van der Waals surface area contributed by atoms with Crippen molar-refractivity contribution >= 4 is 23.6 Å². The fourth-order valence-electron chi connectivity index (χ4n) is 2.75. The van der Waals surface area contributed by atoms with Crippen LogP contribution in [0.25, 0.3) is 0 Å². The van der Waals surface area contributed by atoms with Crippen molar-refractivity contribution in [3.8, 4) is 0 Å². The third-order valence-electron chi connectivity index (χ3n) is 3.63. The molecule has 0 aromatic carbocycles. The van der Waals surface area contributed by atoms with E-state index in [4.69, 9.17) is 4.74 Å². The number of carbonyl (C=O) groups is 2. The summed E-state index contributed by atoms with van der Waals surface area (Å²) < 4.78 is 5.57. The van der Waals surface area contributed by atoms with Crippen molar-refractivity contribution in [1.29, 1.82) is 0 Å². The van der Waals surface area contributed by atoms with Gasteiger partial charge in [0.25, 0.3) is 0 Å². The maximum absolute atomic E-state index is 12.3. The minimum Gasteiger partial charge on any atom is -0.355 e. The molecule has 2 amide bonds. The number of amides is 2. The van der Waals surface area contributed by atoms with Crippen molar-refractivity contribution in [1.82, 2.24) is 4.90 Å². The average Bonchev–Trinajstić information content (AvgIpc) is 2.90. The van der Waals surface area contributed by atoms with Crippen LogP contribution in [-0.4, -0.2) is 39.5 Å². The van der Waals surface area contributed by atoms with Gasteiger partial charge < -0.3 is 4.74 Å². The number of hydrogen-bond acceptors (Lipinski definition) is 4. The number of rotatable bonds is 2. The molecule has 4 atom stereocenters. The van der Waals surface area contributed by atoms with Gasteiger partial charge in [-0.1, -0.05) is 12.2 Å². The van der Waals surface area contributed by atoms with Gasteiger partial charge in [-0.25, -0.2) is 0 Å². The number of fused-ring (bicyclic) bond motifs is 5. The highest BCUT2D eigenvalue weighted by molar-refractivity contribution is 8.01. The first-order valence-electron chi connectivity index (χ1n) is 6.21. The molecule has 2 saturated heterocycles. The zero-order valence-corrected chi connectivity index (χ0v) is 11.6. The molecule has 0 spiro atoms. The van der Waals surface area contributed by atoms with Crippen LogP contribution in [0, 0.1) is 11.8 Å². The van der Waals surface area contributed by atoms with Crippen LogP contribution in [0.2, 0.25) is 0 Å². The minimum atomic E-state index is -0.343. The van der Waals surface area contributed by atoms with Crippen molar-refractivity contribution < 1.29 is 14.3 Å². The van der Waals surface area contributed by atoms with Crippen LogP contribution >= 0.6 is 11.8 Å². The second-order valence-corrected chi connectivity index (χ2v) is 7.35. The third-order valence-corrected chi connectivity index (χ3v) is 5.16. The smallest absolute Gasteiger partial charge is 0.236 e. The topological polar surface area (TPSA) is 46.6 Å². The van der Waals surface area contributed by atoms with Gasteiger partial charge in [0.15, 0.2) is 0 Å². The lowest BCUT2D eigenvalue weighted by molar-refractivity contribution is -0.151. The van der Waals surface area contributed by atoms with E-state index in [1.54, 1.807) is 11.8 Å². The molecule has 0 aromatic heterocycles. The van der Waals surface area contributed by atoms with Gasteiger partial charge in [0.2, 0.25) is 11.8 Å². The highest BCUT2D eigenvalue weighted by Gasteiger charge is 2.60. The SMILES string of the molecule is CC(C)(C)OCN1C(=O)C2C3C=CC(S3)C2C1=O. The maximum Gasteiger partial charge on any atom is 0.236 e. The molecule has 5 heteroatoms. The van der Waals surface area contributed by atoms with E-state index in [1.165, 1.54) is 4.90 Å². The molecule has 4 nitrogen and oxygen atoms in total. The van der Waals surface area contributed by atoms with Gasteiger partial charge in [-0.15, -0.1) is 11.8 Å². The average molecular weight is 267 g/mol. The van der Waals surface area contributed by atoms with Crippen LogP contribution in [-0.2, 0) is 14.3 Å². The molecule has 0 saturated carbocycles. The molecule has 18 heavy (non-hydrogen) atoms. The lowest BCUT2D eigenvalue weighted by Crippen LogP contribution is -2.38. The fraction of sp³-hybridized carbons (Fsp3) is 0.692. The predicted octanol–water partition coefficient (Wildman–Crippen LogP) is 1.41. The summed E-state index contributed by atoms with van der Waals surface area (Å²) in [5, 5.41) is 0.382. The van der Waals surface area contributed by atoms with E-state index >= 15 is 0 Å². The fourth-order valence-corrected chi connectivity index (χ4v) is 4.39. The van der Waals surface area contributed by atoms with Gasteiger partial charge in [0, 0.05) is 10.5 Å². The molecule has 3 rings (SSSR count). The van der Waals surface area contributed by atoms with Gasteiger partial charge in [-0.2, -0.15) is 0 Å². The standard InChI is InChI=1S/C13H17NO3S/c1-13(2,3)17-6-14-11(15)9-7-4-5-8(18-7)10(9)12(14)16/h4-5,7-10H,6H2,1-3H3. The first-order chi connectivity index (χ1) is 8.38. The third kappa shape index (κ3) is 1.72. The number of nitrogens with zero attached hydrogens (tertiary/aromatic N) is 1. The molecule has 3 aliphatic rings. The summed E-state index contributed by atoms with van der Waals surface area (Å²) in [5.41, 5.74) is -0.343. The zero-order valence-electron chi connectivity index (χ0n) is 10.8. The summed E-state index contributed by atoms with van der Waals surface area (Å²) in [7, 11) is 0. The van der Waals surface area contributed by atoms with Crippen LogP contribution < -0.4 is 0 Å². The molecule has 98 valence electrons. The number of carbonyl (C=O) groups excluding carboxylic acids is 2. The molecule has 0 aliphatic carbocycles. The number of likely N-dealkylation sites (tertiary alicyclic amines) is 1. The van der Waals surface area contributed by atoms with Gasteiger partial charge >= 0.3 is 0 Å². The quantitative estimate of drug-likeness (QED) is 0.560. The molecular formula is C13H17NO3S. The number of hydrogen-bond donors (Lipinski definition) is 0. The largest absolute Gasteiger partial charge is 0.355 e. The lowest BCUT2D eigenvalue weighted by Gasteiger charge is -2.24. The second-order valence-electron chi connectivity index (χ2n) is 5.99. The molecule has 4 unspecified atom stereocenters. The first-order valence-corrected chi connectivity index (χ1v) is 7.16. The Labute approximate surface area is 111 Å². The Hall–Kier alpha value is -0.810. The monoisotopic (exact) mass is 267 g/mol. The molecule has 2 fully saturated rings. The Morgan fingerprint density at radius 3 is 2.11 bits per heavy atom. The summed E-state index contributed by atoms with van der Waals surface area (Å²) in [6.07, 6.45) is 4.13. The number of thioether (sulfide) groups is 1. The van der Waals surface area contributed by atoms with Crippen molar-refractivity contribution in [3.05, 3.63) is 12.2 Å². The molecule has 0 aromatic rings. The van der Waals surface area contributed by atoms with E-state index in [-0.39, 0.29) is 46.5 Å². The summed E-state index contributed by atoms with van der Waals surface area (Å²) in [6, 6.07) is 0. The molecule has 0 radical (unpaired) electrons. The molecule has 3 heterocycles. The van der Waals surface area contributed by atoms with Gasteiger partial charge in [0.05, 0.1) is 17.4 Å². The Kier molecular flexibility index (Phi) is 2.61. The van der Waals surface area contributed by atoms with Gasteiger partial charge in [-0.05, 0) is 20.8 Å². The molecule has 0 N–H and O–H groups in total. The van der Waals surface area contributed by atoms with Crippen molar-refractivity contribution in [2.45, 2.75) is 36.9 Å². The highest BCUT2D eigenvalue weighted by Crippen LogP contribution is 2.53. The van der Waals surface area contributed by atoms with Crippen molar-refractivity contribution in [3.63, 3.8) is 0 Å². The van der Waals surface area contributed by atoms with E-state index in [0.717, 1.165) is 0 Å². The second kappa shape index (κ2) is 3.84. The van der Waals surface area contributed by atoms with Crippen LogP contribution in [0.1, 0.15) is 20.8 Å². The zero-order chi connectivity index (χ0) is 13.1. The normalized spacial score (nSPS) is 37.8. The van der Waals surface area contributed by atoms with Crippen molar-refractivity contribution in [2.24, 2.45) is 11.8 Å². The van der Waals surface area contributed by atoms with E-state index < -0.39 is 0 Å². The van der Waals surface area contributed by atoms with Crippen LogP contribution in [0.4, 0.5) is 0 Å². The van der Waals surface area contributed by atoms with Gasteiger partial charge in [-0.3, -0.25) is 14.5 Å². The van der Waals surface area contributed by atoms with Crippen LogP contribution in [0.3, 0.4) is 0 Å². The first kappa shape index (κ1) is 12.2. The Morgan fingerprint density at radius 2 is 1.67 bits per heavy atom. The van der Waals surface area contributed by atoms with E-state index in [2.05, 4.69) is 12.2 Å². The maximum atomic E-state index is 12.3. The van der Waals surface area contributed by atoms with E-state index in [1.807, 2.05) is 20.8 Å². The Morgan fingerprint density at radius 1 is 1.17 bits per heavy atom. The van der Waals surface area contributed by atoms with Crippen LogP contribution in [0.5, 0.6) is 0 Å². The summed E-state index contributed by atoms with van der Waals surface area (Å²) >= 11 is 1.74. The van der Waals surface area contributed by atoms with E-state index in [9.17, 15) is 9.59 Å². The number of ether oxygens (including phenoxy) is 1. The lowest BCUT2D eigenvalue weighted by atomic mass is 9.85. The van der Waals surface area contributed by atoms with Crippen LogP contribution in [0.15, 0.2) is 12.2 Å². The van der Waals surface area contributed by atoms with E-state index in [0.29, 0.717) is 0 Å². The minimum absolute atomic E-state index is 0.0569. The highest BCUT2D eigenvalue weighted by atomic mass is 32.2. The summed E-state index contributed by atoms with van der Waals surface area (Å²) in [4.78, 5) is 25.9. The molecular weight excluding hydrogens is 250 g/mol. The van der Waals surface area contributed by atoms with Crippen molar-refractivity contribution in [2.75, 3.05) is 6.73 Å². The summed E-state index contributed by atoms with van der Waals surface area (Å²) in [5.74, 6) is -0.417. The molecule has 3 aliphatic heterocycles.